The fourth-order valence-electron chi connectivity index (χ4n) is 2.41. The second kappa shape index (κ2) is 8.53. The van der Waals surface area contributed by atoms with E-state index in [0.29, 0.717) is 6.42 Å². The van der Waals surface area contributed by atoms with Crippen LogP contribution >= 0.6 is 0 Å². The summed E-state index contributed by atoms with van der Waals surface area (Å²) in [7, 11) is 3.08. The molecule has 0 saturated heterocycles. The van der Waals surface area contributed by atoms with Crippen molar-refractivity contribution >= 4 is 11.9 Å². The highest BCUT2D eigenvalue weighted by Gasteiger charge is 2.31. The van der Waals surface area contributed by atoms with Gasteiger partial charge in [0.25, 0.3) is 0 Å². The Kier molecular flexibility index (Phi) is 7.03. The molecule has 2 N–H and O–H groups in total. The summed E-state index contributed by atoms with van der Waals surface area (Å²) in [6, 6.07) is 7.52. The molecule has 0 aliphatic heterocycles. The summed E-state index contributed by atoms with van der Waals surface area (Å²) in [6.07, 6.45) is 0.369. The molecule has 0 aliphatic rings. The van der Waals surface area contributed by atoms with Crippen molar-refractivity contribution in [1.29, 1.82) is 0 Å². The van der Waals surface area contributed by atoms with Crippen LogP contribution in [0.2, 0.25) is 0 Å². The van der Waals surface area contributed by atoms with Crippen molar-refractivity contribution in [1.82, 2.24) is 5.32 Å². The first-order valence-electron chi connectivity index (χ1n) is 7.45. The van der Waals surface area contributed by atoms with Crippen LogP contribution < -0.4 is 10.1 Å². The molecule has 2 unspecified atom stereocenters. The van der Waals surface area contributed by atoms with E-state index in [0.717, 1.165) is 11.3 Å². The average Bonchev–Trinajstić information content (AvgIpc) is 2.47. The van der Waals surface area contributed by atoms with Gasteiger partial charge in [-0.1, -0.05) is 19.1 Å². The molecule has 0 aromatic heterocycles. The summed E-state index contributed by atoms with van der Waals surface area (Å²) in [6.45, 7) is 3.62. The first-order chi connectivity index (χ1) is 10.8. The molecule has 0 fully saturated rings. The number of carboxylic acid groups (broad SMARTS) is 1. The number of carbonyl (C=O) groups is 2. The van der Waals surface area contributed by atoms with Crippen LogP contribution in [0, 0.1) is 5.92 Å². The number of nitrogens with one attached hydrogen (secondary N) is 1. The van der Waals surface area contributed by atoms with Crippen molar-refractivity contribution in [3.05, 3.63) is 29.8 Å². The van der Waals surface area contributed by atoms with Gasteiger partial charge in [-0.3, -0.25) is 9.59 Å². The van der Waals surface area contributed by atoms with Crippen molar-refractivity contribution in [3.8, 4) is 5.75 Å². The van der Waals surface area contributed by atoms with E-state index in [1.54, 1.807) is 14.0 Å². The van der Waals surface area contributed by atoms with Gasteiger partial charge in [-0.05, 0) is 31.0 Å². The molecule has 6 nitrogen and oxygen atoms in total. The summed E-state index contributed by atoms with van der Waals surface area (Å²) in [5.41, 5.74) is 0.0892. The Morgan fingerprint density at radius 1 is 1.26 bits per heavy atom. The quantitative estimate of drug-likeness (QED) is 0.725. The van der Waals surface area contributed by atoms with E-state index in [-0.39, 0.29) is 24.9 Å². The Morgan fingerprint density at radius 3 is 2.35 bits per heavy atom. The van der Waals surface area contributed by atoms with Crippen LogP contribution in [-0.2, 0) is 20.7 Å². The van der Waals surface area contributed by atoms with Gasteiger partial charge in [0.15, 0.2) is 0 Å². The molecule has 128 valence electrons. The third-order valence-corrected chi connectivity index (χ3v) is 3.58. The van der Waals surface area contributed by atoms with Crippen LogP contribution in [0.3, 0.4) is 0 Å². The van der Waals surface area contributed by atoms with Crippen molar-refractivity contribution in [2.75, 3.05) is 20.8 Å². The number of benzene rings is 1. The van der Waals surface area contributed by atoms with E-state index < -0.39 is 11.5 Å². The van der Waals surface area contributed by atoms with E-state index in [1.165, 1.54) is 7.11 Å². The van der Waals surface area contributed by atoms with Crippen molar-refractivity contribution in [2.45, 2.75) is 32.2 Å². The van der Waals surface area contributed by atoms with Crippen LogP contribution in [0.5, 0.6) is 5.75 Å². The zero-order valence-corrected chi connectivity index (χ0v) is 14.1. The monoisotopic (exact) mass is 323 g/mol. The molecule has 1 aromatic rings. The molecule has 0 radical (unpaired) electrons. The van der Waals surface area contributed by atoms with Gasteiger partial charge in [0.1, 0.15) is 5.75 Å². The molecule has 0 saturated carbocycles. The topological polar surface area (TPSA) is 84.9 Å². The average molecular weight is 323 g/mol. The van der Waals surface area contributed by atoms with E-state index in [4.69, 9.17) is 14.6 Å². The number of rotatable bonds is 9. The van der Waals surface area contributed by atoms with Crippen LogP contribution in [-0.4, -0.2) is 43.3 Å². The smallest absolute Gasteiger partial charge is 0.305 e. The molecule has 2 atom stereocenters. The number of hydrogen-bond donors (Lipinski definition) is 2. The highest BCUT2D eigenvalue weighted by molar-refractivity contribution is 5.80. The van der Waals surface area contributed by atoms with Gasteiger partial charge >= 0.3 is 5.97 Å². The molecule has 1 rings (SSSR count). The van der Waals surface area contributed by atoms with Crippen molar-refractivity contribution < 1.29 is 24.2 Å². The Balaban J connectivity index is 2.68. The fourth-order valence-corrected chi connectivity index (χ4v) is 2.41. The third-order valence-electron chi connectivity index (χ3n) is 3.58. The second-order valence-corrected chi connectivity index (χ2v) is 6.01. The predicted octanol–water partition coefficient (Wildman–Crippen LogP) is 1.87. The predicted molar refractivity (Wildman–Crippen MR) is 86.5 cm³/mol. The first-order valence-corrected chi connectivity index (χ1v) is 7.45. The Morgan fingerprint density at radius 2 is 1.87 bits per heavy atom. The summed E-state index contributed by atoms with van der Waals surface area (Å²) in [5.74, 6) is -0.692. The molecular weight excluding hydrogens is 298 g/mol. The zero-order chi connectivity index (χ0) is 17.5. The Labute approximate surface area is 136 Å². The van der Waals surface area contributed by atoms with Gasteiger partial charge in [-0.2, -0.15) is 0 Å². The summed E-state index contributed by atoms with van der Waals surface area (Å²) in [4.78, 5) is 23.3. The number of ether oxygens (including phenoxy) is 2. The number of carbonyl (C=O) groups excluding carboxylic acids is 1. The summed E-state index contributed by atoms with van der Waals surface area (Å²) >= 11 is 0. The fraction of sp³-hybridized carbons (Fsp3) is 0.529. The van der Waals surface area contributed by atoms with Crippen LogP contribution in [0.4, 0.5) is 0 Å². The standard InChI is InChI=1S/C17H25NO5/c1-12(9-13-5-7-14(23-4)8-6-13)16(21)18-17(2,11-22-3)10-15(19)20/h5-8,12H,9-11H2,1-4H3,(H,18,21)(H,19,20). The Bertz CT molecular complexity index is 528. The lowest BCUT2D eigenvalue weighted by Crippen LogP contribution is -2.52. The van der Waals surface area contributed by atoms with Gasteiger partial charge in [-0.15, -0.1) is 0 Å². The molecule has 0 aliphatic carbocycles. The van der Waals surface area contributed by atoms with Gasteiger partial charge in [-0.25, -0.2) is 0 Å². The van der Waals surface area contributed by atoms with E-state index in [2.05, 4.69) is 5.32 Å². The lowest BCUT2D eigenvalue weighted by molar-refractivity contribution is -0.140. The van der Waals surface area contributed by atoms with Crippen LogP contribution in [0.25, 0.3) is 0 Å². The summed E-state index contributed by atoms with van der Waals surface area (Å²) in [5, 5.41) is 11.8. The molecule has 1 amide bonds. The largest absolute Gasteiger partial charge is 0.497 e. The number of aliphatic carboxylic acids is 1. The first kappa shape index (κ1) is 19.0. The summed E-state index contributed by atoms with van der Waals surface area (Å²) < 4.78 is 10.1. The van der Waals surface area contributed by atoms with E-state index >= 15 is 0 Å². The van der Waals surface area contributed by atoms with E-state index in [9.17, 15) is 9.59 Å². The van der Waals surface area contributed by atoms with Gasteiger partial charge in [0.2, 0.25) is 5.91 Å². The van der Waals surface area contributed by atoms with Gasteiger partial charge < -0.3 is 19.9 Å². The second-order valence-electron chi connectivity index (χ2n) is 6.01. The lowest BCUT2D eigenvalue weighted by Gasteiger charge is -2.30. The molecule has 23 heavy (non-hydrogen) atoms. The minimum Gasteiger partial charge on any atom is -0.497 e. The highest BCUT2D eigenvalue weighted by atomic mass is 16.5. The maximum atomic E-state index is 12.4. The van der Waals surface area contributed by atoms with Gasteiger partial charge in [0.05, 0.1) is 25.7 Å². The number of hydrogen-bond acceptors (Lipinski definition) is 4. The SMILES string of the molecule is COCC(C)(CC(=O)O)NC(=O)C(C)Cc1ccc(OC)cc1. The molecule has 0 spiro atoms. The minimum atomic E-state index is -0.979. The number of amides is 1. The van der Waals surface area contributed by atoms with Crippen molar-refractivity contribution in [2.24, 2.45) is 5.92 Å². The maximum absolute atomic E-state index is 12.4. The minimum absolute atomic E-state index is 0.139. The molecule has 1 aromatic carbocycles. The number of methoxy groups -OCH3 is 2. The zero-order valence-electron chi connectivity index (χ0n) is 14.1. The van der Waals surface area contributed by atoms with Gasteiger partial charge in [0, 0.05) is 13.0 Å². The van der Waals surface area contributed by atoms with Crippen molar-refractivity contribution in [3.63, 3.8) is 0 Å². The molecular formula is C17H25NO5. The molecule has 0 heterocycles. The lowest BCUT2D eigenvalue weighted by atomic mass is 9.95. The molecule has 0 bridgehead atoms. The van der Waals surface area contributed by atoms with Crippen LogP contribution in [0.15, 0.2) is 24.3 Å². The maximum Gasteiger partial charge on any atom is 0.305 e. The van der Waals surface area contributed by atoms with Crippen LogP contribution in [0.1, 0.15) is 25.8 Å². The van der Waals surface area contributed by atoms with E-state index in [1.807, 2.05) is 31.2 Å². The third kappa shape index (κ3) is 6.28. The highest BCUT2D eigenvalue weighted by Crippen LogP contribution is 2.17. The Hall–Kier alpha value is -2.08. The molecule has 6 heteroatoms. The number of carboxylic acids is 1. The normalized spacial score (nSPS) is 14.6.